The average molecular weight is 394 g/mol. The lowest BCUT2D eigenvalue weighted by Crippen LogP contribution is -2.49. The molecule has 28 heavy (non-hydrogen) atoms. The van der Waals surface area contributed by atoms with Gasteiger partial charge < -0.3 is 10.6 Å². The number of likely N-dealkylation sites (tertiary alicyclic amines) is 1. The summed E-state index contributed by atoms with van der Waals surface area (Å²) in [6.07, 6.45) is -3.28. The molecule has 6 nitrogen and oxygen atoms in total. The Hall–Kier alpha value is -2.68. The van der Waals surface area contributed by atoms with Crippen molar-refractivity contribution in [3.63, 3.8) is 0 Å². The first-order valence-corrected chi connectivity index (χ1v) is 8.93. The standard InChI is InChI=1S/C19H21F3N4O2/c1-11-8-14(23)6-7-25(11)18(28)17-16(27)9-12(2)26(24-17)15-5-3-4-13(10-15)19(20,21)22/h3-5,9-11,14H,6-8,23H2,1-2H3. The zero-order chi connectivity index (χ0) is 20.6. The summed E-state index contributed by atoms with van der Waals surface area (Å²) in [6.45, 7) is 3.79. The van der Waals surface area contributed by atoms with Gasteiger partial charge in [-0.1, -0.05) is 6.07 Å². The Balaban J connectivity index is 2.02. The highest BCUT2D eigenvalue weighted by molar-refractivity contribution is 5.92. The van der Waals surface area contributed by atoms with Gasteiger partial charge in [0.2, 0.25) is 5.43 Å². The summed E-state index contributed by atoms with van der Waals surface area (Å²) in [5.74, 6) is -0.537. The van der Waals surface area contributed by atoms with Gasteiger partial charge in [0.1, 0.15) is 0 Å². The third-order valence-corrected chi connectivity index (χ3v) is 4.91. The predicted molar refractivity (Wildman–Crippen MR) is 97.3 cm³/mol. The molecular weight excluding hydrogens is 373 g/mol. The maximum absolute atomic E-state index is 13.0. The van der Waals surface area contributed by atoms with Crippen LogP contribution in [0.1, 0.15) is 41.5 Å². The van der Waals surface area contributed by atoms with E-state index in [2.05, 4.69) is 5.10 Å². The summed E-state index contributed by atoms with van der Waals surface area (Å²) >= 11 is 0. The molecule has 1 aliphatic rings. The Morgan fingerprint density at radius 2 is 2.00 bits per heavy atom. The van der Waals surface area contributed by atoms with Crippen molar-refractivity contribution >= 4 is 5.91 Å². The molecule has 0 bridgehead atoms. The second kappa shape index (κ2) is 7.38. The molecule has 1 fully saturated rings. The number of amides is 1. The van der Waals surface area contributed by atoms with E-state index in [1.165, 1.54) is 22.9 Å². The van der Waals surface area contributed by atoms with Gasteiger partial charge >= 0.3 is 6.18 Å². The van der Waals surface area contributed by atoms with Crippen molar-refractivity contribution in [3.05, 3.63) is 57.5 Å². The summed E-state index contributed by atoms with van der Waals surface area (Å²) in [5, 5.41) is 4.11. The molecule has 1 aromatic carbocycles. The smallest absolute Gasteiger partial charge is 0.334 e. The van der Waals surface area contributed by atoms with Crippen LogP contribution in [-0.2, 0) is 6.18 Å². The summed E-state index contributed by atoms with van der Waals surface area (Å²) < 4.78 is 40.3. The molecule has 1 saturated heterocycles. The molecule has 2 N–H and O–H groups in total. The summed E-state index contributed by atoms with van der Waals surface area (Å²) in [6, 6.07) is 5.63. The molecule has 2 aromatic rings. The van der Waals surface area contributed by atoms with Crippen molar-refractivity contribution < 1.29 is 18.0 Å². The van der Waals surface area contributed by atoms with Crippen LogP contribution in [0, 0.1) is 6.92 Å². The lowest BCUT2D eigenvalue weighted by molar-refractivity contribution is -0.137. The van der Waals surface area contributed by atoms with Gasteiger partial charge in [-0.2, -0.15) is 18.3 Å². The molecule has 3 rings (SSSR count). The Labute approximate surface area is 159 Å². The molecule has 2 atom stereocenters. The van der Waals surface area contributed by atoms with E-state index in [0.717, 1.165) is 12.1 Å². The quantitative estimate of drug-likeness (QED) is 0.849. The van der Waals surface area contributed by atoms with Crippen molar-refractivity contribution in [1.82, 2.24) is 14.7 Å². The van der Waals surface area contributed by atoms with E-state index < -0.39 is 23.1 Å². The molecule has 1 amide bonds. The van der Waals surface area contributed by atoms with Crippen LogP contribution < -0.4 is 11.2 Å². The zero-order valence-corrected chi connectivity index (χ0v) is 15.5. The minimum absolute atomic E-state index is 0.00760. The van der Waals surface area contributed by atoms with E-state index in [4.69, 9.17) is 5.73 Å². The maximum atomic E-state index is 13.0. The highest BCUT2D eigenvalue weighted by Gasteiger charge is 2.32. The van der Waals surface area contributed by atoms with Gasteiger partial charge in [-0.25, -0.2) is 4.68 Å². The first-order valence-electron chi connectivity index (χ1n) is 8.93. The molecule has 0 radical (unpaired) electrons. The summed E-state index contributed by atoms with van der Waals surface area (Å²) in [7, 11) is 0. The molecule has 150 valence electrons. The Morgan fingerprint density at radius 3 is 2.64 bits per heavy atom. The molecule has 2 heterocycles. The highest BCUT2D eigenvalue weighted by atomic mass is 19.4. The van der Waals surface area contributed by atoms with E-state index in [-0.39, 0.29) is 23.5 Å². The number of rotatable bonds is 2. The normalized spacial score (nSPS) is 20.3. The zero-order valence-electron chi connectivity index (χ0n) is 15.5. The van der Waals surface area contributed by atoms with Crippen molar-refractivity contribution in [3.8, 4) is 5.69 Å². The van der Waals surface area contributed by atoms with E-state index in [9.17, 15) is 22.8 Å². The van der Waals surface area contributed by atoms with Gasteiger partial charge in [0, 0.05) is 30.4 Å². The fraction of sp³-hybridized carbons (Fsp3) is 0.421. The topological polar surface area (TPSA) is 81.2 Å². The largest absolute Gasteiger partial charge is 0.416 e. The number of aryl methyl sites for hydroxylation is 1. The second-order valence-electron chi connectivity index (χ2n) is 7.09. The third-order valence-electron chi connectivity index (χ3n) is 4.91. The van der Waals surface area contributed by atoms with Crippen LogP contribution in [0.4, 0.5) is 13.2 Å². The van der Waals surface area contributed by atoms with Gasteiger partial charge in [0.05, 0.1) is 11.3 Å². The summed E-state index contributed by atoms with van der Waals surface area (Å²) in [4.78, 5) is 26.8. The van der Waals surface area contributed by atoms with Crippen LogP contribution in [0.3, 0.4) is 0 Å². The maximum Gasteiger partial charge on any atom is 0.416 e. The number of aromatic nitrogens is 2. The number of benzene rings is 1. The SMILES string of the molecule is Cc1cc(=O)c(C(=O)N2CCC(N)CC2C)nn1-c1cccc(C(F)(F)F)c1. The number of nitrogens with zero attached hydrogens (tertiary/aromatic N) is 3. The number of hydrogen-bond acceptors (Lipinski definition) is 4. The molecule has 0 aliphatic carbocycles. The number of halogens is 3. The number of carbonyl (C=O) groups is 1. The minimum atomic E-state index is -4.51. The Morgan fingerprint density at radius 1 is 1.29 bits per heavy atom. The molecule has 0 saturated carbocycles. The van der Waals surface area contributed by atoms with Gasteiger partial charge in [0.15, 0.2) is 5.69 Å². The monoisotopic (exact) mass is 394 g/mol. The van der Waals surface area contributed by atoms with Gasteiger partial charge in [0.25, 0.3) is 5.91 Å². The number of alkyl halides is 3. The fourth-order valence-corrected chi connectivity index (χ4v) is 3.42. The van der Waals surface area contributed by atoms with Crippen molar-refractivity contribution in [1.29, 1.82) is 0 Å². The van der Waals surface area contributed by atoms with Gasteiger partial charge in [-0.05, 0) is 44.9 Å². The minimum Gasteiger partial charge on any atom is -0.334 e. The van der Waals surface area contributed by atoms with Crippen molar-refractivity contribution in [2.75, 3.05) is 6.54 Å². The van der Waals surface area contributed by atoms with E-state index >= 15 is 0 Å². The fourth-order valence-electron chi connectivity index (χ4n) is 3.42. The molecule has 0 spiro atoms. The second-order valence-corrected chi connectivity index (χ2v) is 7.09. The third kappa shape index (κ3) is 3.94. The van der Waals surface area contributed by atoms with Crippen LogP contribution in [0.15, 0.2) is 35.1 Å². The molecule has 1 aromatic heterocycles. The Bertz CT molecular complexity index is 955. The number of carbonyl (C=O) groups excluding carboxylic acids is 1. The molecular formula is C19H21F3N4O2. The van der Waals surface area contributed by atoms with E-state index in [1.54, 1.807) is 11.8 Å². The van der Waals surface area contributed by atoms with E-state index in [0.29, 0.717) is 25.1 Å². The van der Waals surface area contributed by atoms with Crippen LogP contribution in [0.25, 0.3) is 5.69 Å². The first kappa shape index (κ1) is 20.1. The lowest BCUT2D eigenvalue weighted by atomic mass is 9.99. The predicted octanol–water partition coefficient (Wildman–Crippen LogP) is 2.51. The molecule has 9 heteroatoms. The van der Waals surface area contributed by atoms with E-state index in [1.807, 2.05) is 6.92 Å². The first-order chi connectivity index (χ1) is 13.1. The van der Waals surface area contributed by atoms with Gasteiger partial charge in [-0.15, -0.1) is 0 Å². The molecule has 1 aliphatic heterocycles. The lowest BCUT2D eigenvalue weighted by Gasteiger charge is -2.36. The Kier molecular flexibility index (Phi) is 5.29. The van der Waals surface area contributed by atoms with Crippen molar-refractivity contribution in [2.45, 2.75) is 44.9 Å². The van der Waals surface area contributed by atoms with Crippen LogP contribution in [-0.4, -0.2) is 39.2 Å². The number of hydrogen-bond donors (Lipinski definition) is 1. The van der Waals surface area contributed by atoms with Gasteiger partial charge in [-0.3, -0.25) is 9.59 Å². The highest BCUT2D eigenvalue weighted by Crippen LogP contribution is 2.30. The molecule has 2 unspecified atom stereocenters. The van der Waals surface area contributed by atoms with Crippen molar-refractivity contribution in [2.24, 2.45) is 5.73 Å². The number of piperidine rings is 1. The van der Waals surface area contributed by atoms with Crippen LogP contribution in [0.5, 0.6) is 0 Å². The van der Waals surface area contributed by atoms with Crippen LogP contribution >= 0.6 is 0 Å². The van der Waals surface area contributed by atoms with Crippen LogP contribution in [0.2, 0.25) is 0 Å². The summed E-state index contributed by atoms with van der Waals surface area (Å²) in [5.41, 5.74) is 4.65. The number of nitrogens with two attached hydrogens (primary N) is 1. The average Bonchev–Trinajstić information content (AvgIpc) is 2.61.